The molecular weight excluding hydrogens is 230 g/mol. The highest BCUT2D eigenvalue weighted by Gasteiger charge is 2.29. The van der Waals surface area contributed by atoms with Gasteiger partial charge in [-0.15, -0.1) is 0 Å². The van der Waals surface area contributed by atoms with E-state index in [4.69, 9.17) is 0 Å². The molecule has 1 aliphatic rings. The van der Waals surface area contributed by atoms with E-state index in [2.05, 4.69) is 15.1 Å². The summed E-state index contributed by atoms with van der Waals surface area (Å²) >= 11 is 0. The molecule has 0 aromatic carbocycles. The van der Waals surface area contributed by atoms with E-state index in [1.165, 1.54) is 0 Å². The van der Waals surface area contributed by atoms with E-state index in [0.717, 1.165) is 13.1 Å². The lowest BCUT2D eigenvalue weighted by Gasteiger charge is -2.40. The van der Waals surface area contributed by atoms with E-state index in [1.54, 1.807) is 17.1 Å². The molecule has 0 radical (unpaired) electrons. The predicted octanol–water partition coefficient (Wildman–Crippen LogP) is -0.00260. The predicted molar refractivity (Wildman–Crippen MR) is 65.9 cm³/mol. The lowest BCUT2D eigenvalue weighted by molar-refractivity contribution is 0.0326. The quantitative estimate of drug-likeness (QED) is 0.808. The fourth-order valence-electron chi connectivity index (χ4n) is 2.34. The zero-order valence-electron chi connectivity index (χ0n) is 10.1. The maximum Gasteiger partial charge on any atom is 0.0862 e. The zero-order chi connectivity index (χ0) is 12.4. The molecule has 1 fully saturated rings. The molecule has 1 saturated heterocycles. The van der Waals surface area contributed by atoms with Crippen LogP contribution >= 0.6 is 0 Å². The van der Waals surface area contributed by atoms with Crippen LogP contribution in [0.4, 0.5) is 0 Å². The van der Waals surface area contributed by atoms with Gasteiger partial charge in [-0.05, 0) is 12.1 Å². The number of aliphatic hydroxyl groups is 1. The van der Waals surface area contributed by atoms with Crippen LogP contribution in [0.15, 0.2) is 36.9 Å². The van der Waals surface area contributed by atoms with Crippen molar-refractivity contribution in [3.8, 4) is 0 Å². The maximum atomic E-state index is 9.95. The fraction of sp³-hybridized carbons (Fsp3) is 0.500. The van der Waals surface area contributed by atoms with Gasteiger partial charge in [-0.1, -0.05) is 0 Å². The van der Waals surface area contributed by atoms with Crippen LogP contribution in [0, 0.1) is 0 Å². The molecule has 0 unspecified atom stereocenters. The highest BCUT2D eigenvalue weighted by Crippen LogP contribution is 2.20. The third-order valence-corrected chi connectivity index (χ3v) is 3.26. The highest BCUT2D eigenvalue weighted by atomic mass is 16.3. The van der Waals surface area contributed by atoms with Gasteiger partial charge >= 0.3 is 0 Å². The normalized spacial score (nSPS) is 18.7. The molecule has 6 heteroatoms. The van der Waals surface area contributed by atoms with Gasteiger partial charge in [0.25, 0.3) is 0 Å². The van der Waals surface area contributed by atoms with Gasteiger partial charge in [0.2, 0.25) is 0 Å². The molecule has 96 valence electrons. The van der Waals surface area contributed by atoms with Crippen molar-refractivity contribution in [2.45, 2.75) is 18.7 Å². The Kier molecular flexibility index (Phi) is 3.12. The molecule has 0 bridgehead atoms. The molecule has 1 N–H and O–H groups in total. The second kappa shape index (κ2) is 4.91. The van der Waals surface area contributed by atoms with Crippen LogP contribution in [0.5, 0.6) is 0 Å². The number of aromatic nitrogens is 4. The first-order valence-corrected chi connectivity index (χ1v) is 6.18. The van der Waals surface area contributed by atoms with E-state index in [0.29, 0.717) is 19.1 Å². The molecule has 0 aliphatic carbocycles. The average Bonchev–Trinajstić information content (AvgIpc) is 2.94. The summed E-state index contributed by atoms with van der Waals surface area (Å²) in [5.41, 5.74) is 0. The summed E-state index contributed by atoms with van der Waals surface area (Å²) in [5, 5.41) is 18.3. The van der Waals surface area contributed by atoms with Gasteiger partial charge in [0.15, 0.2) is 0 Å². The van der Waals surface area contributed by atoms with Gasteiger partial charge in [0.05, 0.1) is 18.7 Å². The summed E-state index contributed by atoms with van der Waals surface area (Å²) in [7, 11) is 0. The van der Waals surface area contributed by atoms with Crippen molar-refractivity contribution in [3.63, 3.8) is 0 Å². The number of rotatable bonds is 5. The van der Waals surface area contributed by atoms with Crippen LogP contribution in [0.25, 0.3) is 0 Å². The molecule has 1 aliphatic heterocycles. The molecule has 3 rings (SSSR count). The monoisotopic (exact) mass is 247 g/mol. The van der Waals surface area contributed by atoms with Crippen LogP contribution in [-0.2, 0) is 6.54 Å². The molecule has 2 aromatic rings. The minimum atomic E-state index is -0.372. The minimum Gasteiger partial charge on any atom is -0.390 e. The van der Waals surface area contributed by atoms with Gasteiger partial charge < -0.3 is 5.11 Å². The molecule has 6 nitrogen and oxygen atoms in total. The van der Waals surface area contributed by atoms with Crippen LogP contribution < -0.4 is 0 Å². The lowest BCUT2D eigenvalue weighted by atomic mass is 10.1. The summed E-state index contributed by atoms with van der Waals surface area (Å²) < 4.78 is 3.74. The summed E-state index contributed by atoms with van der Waals surface area (Å²) in [6.07, 6.45) is 7.01. The van der Waals surface area contributed by atoms with Gasteiger partial charge in [0, 0.05) is 44.4 Å². The van der Waals surface area contributed by atoms with Crippen molar-refractivity contribution in [1.82, 2.24) is 24.5 Å². The average molecular weight is 247 g/mol. The number of β-amino-alcohol motifs (C(OH)–C–C–N with tert-alkyl or cyclic N) is 1. The number of likely N-dealkylation sites (tertiary alicyclic amines) is 1. The Bertz CT molecular complexity index is 461. The topological polar surface area (TPSA) is 59.1 Å². The third-order valence-electron chi connectivity index (χ3n) is 3.26. The summed E-state index contributed by atoms with van der Waals surface area (Å²) in [6.45, 7) is 3.16. The second-order valence-corrected chi connectivity index (χ2v) is 4.74. The van der Waals surface area contributed by atoms with Crippen LogP contribution in [0.1, 0.15) is 6.04 Å². The van der Waals surface area contributed by atoms with E-state index < -0.39 is 0 Å². The number of hydrogen-bond donors (Lipinski definition) is 1. The van der Waals surface area contributed by atoms with Crippen LogP contribution in [0.3, 0.4) is 0 Å². The summed E-state index contributed by atoms with van der Waals surface area (Å²) in [4.78, 5) is 2.24. The van der Waals surface area contributed by atoms with Crippen LogP contribution in [-0.4, -0.2) is 55.3 Å². The molecule has 1 atom stereocenters. The Morgan fingerprint density at radius 2 is 1.89 bits per heavy atom. The van der Waals surface area contributed by atoms with Crippen molar-refractivity contribution in [2.75, 3.05) is 19.6 Å². The Morgan fingerprint density at radius 3 is 2.56 bits per heavy atom. The van der Waals surface area contributed by atoms with Crippen molar-refractivity contribution >= 4 is 0 Å². The summed E-state index contributed by atoms with van der Waals surface area (Å²) in [5.74, 6) is 0. The molecule has 18 heavy (non-hydrogen) atoms. The Labute approximate surface area is 105 Å². The molecular formula is C12H17N5O. The van der Waals surface area contributed by atoms with Gasteiger partial charge in [-0.2, -0.15) is 10.2 Å². The van der Waals surface area contributed by atoms with Crippen molar-refractivity contribution in [2.24, 2.45) is 0 Å². The Hall–Kier alpha value is -1.66. The Morgan fingerprint density at radius 1 is 1.11 bits per heavy atom. The van der Waals surface area contributed by atoms with Crippen LogP contribution in [0.2, 0.25) is 0 Å². The molecule has 0 spiro atoms. The maximum absolute atomic E-state index is 9.95. The highest BCUT2D eigenvalue weighted by molar-refractivity contribution is 4.90. The first-order valence-electron chi connectivity index (χ1n) is 6.18. The lowest BCUT2D eigenvalue weighted by Crippen LogP contribution is -2.51. The van der Waals surface area contributed by atoms with E-state index >= 15 is 0 Å². The molecule has 2 aromatic heterocycles. The van der Waals surface area contributed by atoms with E-state index in [9.17, 15) is 5.11 Å². The zero-order valence-corrected chi connectivity index (χ0v) is 10.1. The van der Waals surface area contributed by atoms with Crippen molar-refractivity contribution in [1.29, 1.82) is 0 Å². The van der Waals surface area contributed by atoms with E-state index in [-0.39, 0.29) is 6.10 Å². The van der Waals surface area contributed by atoms with Crippen molar-refractivity contribution in [3.05, 3.63) is 36.9 Å². The Balaban J connectivity index is 1.43. The smallest absolute Gasteiger partial charge is 0.0862 e. The standard InChI is InChI=1S/C12H17N5O/c18-12(10-16-5-1-3-13-16)9-15-7-11(8-15)17-6-2-4-14-17/h1-6,11-12,18H,7-10H2/t12-/m1/s1. The fourth-order valence-corrected chi connectivity index (χ4v) is 2.34. The van der Waals surface area contributed by atoms with Gasteiger partial charge in [-0.25, -0.2) is 0 Å². The van der Waals surface area contributed by atoms with Gasteiger partial charge in [-0.3, -0.25) is 14.3 Å². The first kappa shape index (κ1) is 11.4. The van der Waals surface area contributed by atoms with Crippen molar-refractivity contribution < 1.29 is 5.11 Å². The largest absolute Gasteiger partial charge is 0.390 e. The summed E-state index contributed by atoms with van der Waals surface area (Å²) in [6, 6.07) is 4.26. The second-order valence-electron chi connectivity index (χ2n) is 4.74. The number of nitrogens with zero attached hydrogens (tertiary/aromatic N) is 5. The molecule has 0 saturated carbocycles. The first-order chi connectivity index (χ1) is 8.81. The van der Waals surface area contributed by atoms with E-state index in [1.807, 2.05) is 29.2 Å². The molecule has 3 heterocycles. The van der Waals surface area contributed by atoms with Gasteiger partial charge in [0.1, 0.15) is 0 Å². The SMILES string of the molecule is O[C@H](CN1CC(n2cccn2)C1)Cn1cccn1. The molecule has 0 amide bonds. The number of hydrogen-bond acceptors (Lipinski definition) is 4. The minimum absolute atomic E-state index is 0.372. The third kappa shape index (κ3) is 2.44. The number of aliphatic hydroxyl groups excluding tert-OH is 1.